The lowest BCUT2D eigenvalue weighted by molar-refractivity contribution is 0.0618. The van der Waals surface area contributed by atoms with E-state index in [-0.39, 0.29) is 13.2 Å². The Balaban J connectivity index is 1.03. The van der Waals surface area contributed by atoms with Gasteiger partial charge in [-0.15, -0.1) is 0 Å². The number of benzene rings is 4. The Labute approximate surface area is 218 Å². The van der Waals surface area contributed by atoms with E-state index in [1.165, 1.54) is 10.8 Å². The normalized spacial score (nSPS) is 16.9. The van der Waals surface area contributed by atoms with Gasteiger partial charge >= 0.3 is 0 Å². The van der Waals surface area contributed by atoms with Crippen LogP contribution in [0.15, 0.2) is 84.9 Å². The zero-order chi connectivity index (χ0) is 25.5. The van der Waals surface area contributed by atoms with Crippen molar-refractivity contribution < 1.29 is 19.7 Å². The van der Waals surface area contributed by atoms with E-state index in [2.05, 4.69) is 34.1 Å². The summed E-state index contributed by atoms with van der Waals surface area (Å²) in [5.41, 5.74) is 0. The molecule has 0 unspecified atom stereocenters. The van der Waals surface area contributed by atoms with Gasteiger partial charge in [-0.3, -0.25) is 9.80 Å². The molecule has 0 saturated carbocycles. The van der Waals surface area contributed by atoms with Crippen molar-refractivity contribution in [2.75, 3.05) is 52.5 Å². The summed E-state index contributed by atoms with van der Waals surface area (Å²) in [5, 5.41) is 25.8. The Morgan fingerprint density at radius 2 is 1.00 bits per heavy atom. The minimum Gasteiger partial charge on any atom is -0.491 e. The number of ether oxygens (including phenoxy) is 2. The molecule has 0 spiro atoms. The molecule has 4 aromatic rings. The van der Waals surface area contributed by atoms with E-state index in [0.29, 0.717) is 13.1 Å². The Hall–Kier alpha value is -3.16. The summed E-state index contributed by atoms with van der Waals surface area (Å²) in [6.45, 7) is 5.24. The Morgan fingerprint density at radius 3 is 1.46 bits per heavy atom. The molecule has 1 aliphatic heterocycles. The topological polar surface area (TPSA) is 65.4 Å². The van der Waals surface area contributed by atoms with Gasteiger partial charge in [0.25, 0.3) is 0 Å². The number of aliphatic hydroxyl groups excluding tert-OH is 2. The first-order chi connectivity index (χ1) is 18.1. The lowest BCUT2D eigenvalue weighted by Crippen LogP contribution is -2.40. The van der Waals surface area contributed by atoms with Gasteiger partial charge in [0.1, 0.15) is 36.9 Å². The van der Waals surface area contributed by atoms with Crippen LogP contribution in [0.25, 0.3) is 21.5 Å². The smallest absolute Gasteiger partial charge is 0.120 e. The highest BCUT2D eigenvalue weighted by Gasteiger charge is 2.20. The molecule has 2 N–H and O–H groups in total. The van der Waals surface area contributed by atoms with E-state index >= 15 is 0 Å². The van der Waals surface area contributed by atoms with Gasteiger partial charge in [-0.05, 0) is 65.3 Å². The van der Waals surface area contributed by atoms with Crippen molar-refractivity contribution in [2.24, 2.45) is 0 Å². The van der Waals surface area contributed by atoms with Crippen molar-refractivity contribution in [1.29, 1.82) is 0 Å². The SMILES string of the molecule is O[C@H](COc1ccc2ccccc2c1)CN1CCCN(C[C@H](O)COc2ccc3ccccc3c2)CC1. The van der Waals surface area contributed by atoms with Gasteiger partial charge in [0, 0.05) is 26.2 Å². The Morgan fingerprint density at radius 1 is 0.568 bits per heavy atom. The second kappa shape index (κ2) is 12.4. The van der Waals surface area contributed by atoms with Crippen LogP contribution in [0.2, 0.25) is 0 Å². The van der Waals surface area contributed by atoms with Gasteiger partial charge < -0.3 is 19.7 Å². The molecule has 194 valence electrons. The number of hydrogen-bond acceptors (Lipinski definition) is 6. The first-order valence-corrected chi connectivity index (χ1v) is 13.2. The van der Waals surface area contributed by atoms with Gasteiger partial charge in [-0.1, -0.05) is 60.7 Å². The van der Waals surface area contributed by atoms with Crippen LogP contribution in [0.3, 0.4) is 0 Å². The molecular formula is C31H36N2O4. The molecule has 5 rings (SSSR count). The molecule has 6 heteroatoms. The highest BCUT2D eigenvalue weighted by atomic mass is 16.5. The number of rotatable bonds is 10. The Bertz CT molecular complexity index is 1200. The second-order valence-electron chi connectivity index (χ2n) is 9.90. The van der Waals surface area contributed by atoms with Gasteiger partial charge in [0.15, 0.2) is 0 Å². The van der Waals surface area contributed by atoms with Crippen LogP contribution in [-0.2, 0) is 0 Å². The van der Waals surface area contributed by atoms with Crippen molar-refractivity contribution in [3.05, 3.63) is 84.9 Å². The maximum absolute atomic E-state index is 10.6. The minimum absolute atomic E-state index is 0.267. The molecule has 0 amide bonds. The molecule has 37 heavy (non-hydrogen) atoms. The summed E-state index contributed by atoms with van der Waals surface area (Å²) in [7, 11) is 0. The van der Waals surface area contributed by atoms with E-state index in [9.17, 15) is 10.2 Å². The van der Waals surface area contributed by atoms with Gasteiger partial charge in [-0.2, -0.15) is 0 Å². The van der Waals surface area contributed by atoms with E-state index in [4.69, 9.17) is 9.47 Å². The molecular weight excluding hydrogens is 464 g/mol. The average Bonchev–Trinajstić information content (AvgIpc) is 3.15. The fourth-order valence-corrected chi connectivity index (χ4v) is 4.99. The first-order valence-electron chi connectivity index (χ1n) is 13.2. The quantitative estimate of drug-likeness (QED) is 0.341. The van der Waals surface area contributed by atoms with Crippen LogP contribution in [0.5, 0.6) is 11.5 Å². The molecule has 1 aliphatic rings. The Kier molecular flexibility index (Phi) is 8.53. The number of fused-ring (bicyclic) bond motifs is 2. The van der Waals surface area contributed by atoms with Gasteiger partial charge in [0.05, 0.1) is 0 Å². The van der Waals surface area contributed by atoms with Crippen molar-refractivity contribution in [2.45, 2.75) is 18.6 Å². The summed E-state index contributed by atoms with van der Waals surface area (Å²) >= 11 is 0. The van der Waals surface area contributed by atoms with Crippen molar-refractivity contribution in [3.63, 3.8) is 0 Å². The molecule has 1 heterocycles. The summed E-state index contributed by atoms with van der Waals surface area (Å²) in [6.07, 6.45) is -0.116. The van der Waals surface area contributed by atoms with Crippen LogP contribution < -0.4 is 9.47 Å². The van der Waals surface area contributed by atoms with Crippen LogP contribution in [0, 0.1) is 0 Å². The van der Waals surface area contributed by atoms with Crippen molar-refractivity contribution in [1.82, 2.24) is 9.80 Å². The molecule has 0 radical (unpaired) electrons. The number of hydrogen-bond donors (Lipinski definition) is 2. The van der Waals surface area contributed by atoms with Gasteiger partial charge in [0.2, 0.25) is 0 Å². The number of aliphatic hydroxyl groups is 2. The monoisotopic (exact) mass is 500 g/mol. The van der Waals surface area contributed by atoms with Gasteiger partial charge in [-0.25, -0.2) is 0 Å². The molecule has 4 aromatic carbocycles. The predicted octanol–water partition coefficient (Wildman–Crippen LogP) is 4.18. The van der Waals surface area contributed by atoms with Crippen LogP contribution >= 0.6 is 0 Å². The fraction of sp³-hybridized carbons (Fsp3) is 0.355. The van der Waals surface area contributed by atoms with Crippen LogP contribution in [0.1, 0.15) is 6.42 Å². The molecule has 0 aliphatic carbocycles. The van der Waals surface area contributed by atoms with Crippen molar-refractivity contribution >= 4 is 21.5 Å². The highest BCUT2D eigenvalue weighted by Crippen LogP contribution is 2.22. The van der Waals surface area contributed by atoms with E-state index in [0.717, 1.165) is 54.9 Å². The second-order valence-corrected chi connectivity index (χ2v) is 9.90. The molecule has 1 fully saturated rings. The molecule has 2 atom stereocenters. The molecule has 0 aromatic heterocycles. The molecule has 0 bridgehead atoms. The van der Waals surface area contributed by atoms with Crippen LogP contribution in [-0.4, -0.2) is 84.7 Å². The lowest BCUT2D eigenvalue weighted by Gasteiger charge is -2.25. The fourth-order valence-electron chi connectivity index (χ4n) is 4.99. The molecule has 6 nitrogen and oxygen atoms in total. The summed E-state index contributed by atoms with van der Waals surface area (Å²) in [4.78, 5) is 4.57. The van der Waals surface area contributed by atoms with E-state index < -0.39 is 12.2 Å². The average molecular weight is 501 g/mol. The minimum atomic E-state index is -0.557. The number of nitrogens with zero attached hydrogens (tertiary/aromatic N) is 2. The maximum atomic E-state index is 10.6. The zero-order valence-electron chi connectivity index (χ0n) is 21.2. The number of β-amino-alcohol motifs (C(OH)–C–C–N with tert-alkyl or cyclic N) is 2. The third-order valence-electron chi connectivity index (χ3n) is 6.95. The third-order valence-corrected chi connectivity index (χ3v) is 6.95. The third kappa shape index (κ3) is 7.21. The highest BCUT2D eigenvalue weighted by molar-refractivity contribution is 5.84. The van der Waals surface area contributed by atoms with E-state index in [1.54, 1.807) is 0 Å². The largest absolute Gasteiger partial charge is 0.491 e. The summed E-state index contributed by atoms with van der Waals surface area (Å²) in [6, 6.07) is 28.4. The maximum Gasteiger partial charge on any atom is 0.120 e. The zero-order valence-corrected chi connectivity index (χ0v) is 21.2. The van der Waals surface area contributed by atoms with Crippen LogP contribution in [0.4, 0.5) is 0 Å². The standard InChI is InChI=1S/C31H36N2O4/c34-28(22-36-30-12-10-24-6-1-3-8-26(24)18-30)20-32-14-5-15-33(17-16-32)21-29(35)23-37-31-13-11-25-7-2-4-9-27(25)19-31/h1-4,6-13,18-19,28-29,34-35H,5,14-17,20-23H2/t28-,29-/m0/s1. The first kappa shape index (κ1) is 25.5. The summed E-state index contributed by atoms with van der Waals surface area (Å²) < 4.78 is 11.8. The lowest BCUT2D eigenvalue weighted by atomic mass is 10.1. The summed E-state index contributed by atoms with van der Waals surface area (Å²) in [5.74, 6) is 1.55. The predicted molar refractivity (Wildman–Crippen MR) is 148 cm³/mol. The molecule has 1 saturated heterocycles. The van der Waals surface area contributed by atoms with E-state index in [1.807, 2.05) is 60.7 Å². The van der Waals surface area contributed by atoms with Crippen molar-refractivity contribution in [3.8, 4) is 11.5 Å².